The lowest BCUT2D eigenvalue weighted by Crippen LogP contribution is -2.11. The highest BCUT2D eigenvalue weighted by Crippen LogP contribution is 1.82. The van der Waals surface area contributed by atoms with Crippen molar-refractivity contribution < 1.29 is 0 Å². The summed E-state index contributed by atoms with van der Waals surface area (Å²) < 4.78 is 0. The van der Waals surface area contributed by atoms with Gasteiger partial charge in [-0.2, -0.15) is 0 Å². The van der Waals surface area contributed by atoms with E-state index in [2.05, 4.69) is 11.5 Å². The number of nitrogens with two attached hydrogens (primary N) is 1. The van der Waals surface area contributed by atoms with Crippen LogP contribution in [0.5, 0.6) is 0 Å². The lowest BCUT2D eigenvalue weighted by molar-refractivity contribution is 1.52. The van der Waals surface area contributed by atoms with E-state index in [0.717, 1.165) is 0 Å². The standard InChI is InChI=1S/C4H7BN2/c1-3(2)4(6)7-5/h1H2,2H3,(H2,6,7). The van der Waals surface area contributed by atoms with Crippen LogP contribution in [-0.4, -0.2) is 13.8 Å². The van der Waals surface area contributed by atoms with Gasteiger partial charge in [-0.25, -0.2) is 0 Å². The highest BCUT2D eigenvalue weighted by molar-refractivity contribution is 6.15. The van der Waals surface area contributed by atoms with Crippen LogP contribution < -0.4 is 5.73 Å². The van der Waals surface area contributed by atoms with Crippen molar-refractivity contribution in [2.45, 2.75) is 6.92 Å². The van der Waals surface area contributed by atoms with Crippen LogP contribution >= 0.6 is 0 Å². The Kier molecular flexibility index (Phi) is 2.19. The molecule has 36 valence electrons. The molecule has 0 aliphatic heterocycles. The fraction of sp³-hybridized carbons (Fsp3) is 0.250. The summed E-state index contributed by atoms with van der Waals surface area (Å²) in [7, 11) is 4.78. The molecular weight excluding hydrogens is 86.9 g/mol. The second-order valence-corrected chi connectivity index (χ2v) is 1.29. The largest absolute Gasteiger partial charge is 0.385 e. The molecule has 2 N–H and O–H groups in total. The van der Waals surface area contributed by atoms with Gasteiger partial charge in [0.2, 0.25) is 0 Å². The molecule has 0 atom stereocenters. The Bertz CT molecular complexity index is 106. The predicted octanol–water partition coefficient (Wildman–Crippen LogP) is 0.00320. The van der Waals surface area contributed by atoms with Gasteiger partial charge >= 0.3 is 0 Å². The highest BCUT2D eigenvalue weighted by Gasteiger charge is 1.83. The second kappa shape index (κ2) is 2.45. The van der Waals surface area contributed by atoms with Gasteiger partial charge in [-0.3, -0.25) is 0 Å². The van der Waals surface area contributed by atoms with E-state index < -0.39 is 0 Å². The molecule has 0 aromatic rings. The minimum atomic E-state index is 0.306. The number of nitrogens with zero attached hydrogens (tertiary/aromatic N) is 1. The first-order valence-electron chi connectivity index (χ1n) is 1.87. The summed E-state index contributed by atoms with van der Waals surface area (Å²) in [6.45, 7) is 5.23. The fourth-order valence-corrected chi connectivity index (χ4v) is 0.110. The van der Waals surface area contributed by atoms with Crippen LogP contribution in [0.4, 0.5) is 0 Å². The molecule has 0 aromatic carbocycles. The molecule has 0 aliphatic carbocycles. The van der Waals surface area contributed by atoms with Gasteiger partial charge < -0.3 is 10.6 Å². The molecule has 0 bridgehead atoms. The van der Waals surface area contributed by atoms with Crippen LogP contribution in [0.2, 0.25) is 0 Å². The molecule has 2 nitrogen and oxygen atoms in total. The summed E-state index contributed by atoms with van der Waals surface area (Å²) in [6.07, 6.45) is 0. The van der Waals surface area contributed by atoms with Gasteiger partial charge in [0.25, 0.3) is 7.98 Å². The maximum Gasteiger partial charge on any atom is 0.262 e. The normalized spacial score (nSPS) is 11.3. The Hall–Kier alpha value is -0.725. The fourth-order valence-electron chi connectivity index (χ4n) is 0.110. The third-order valence-electron chi connectivity index (χ3n) is 0.576. The first-order valence-corrected chi connectivity index (χ1v) is 1.87. The highest BCUT2D eigenvalue weighted by atomic mass is 14.8. The van der Waals surface area contributed by atoms with Crippen LogP contribution in [0.1, 0.15) is 6.92 Å². The molecule has 2 radical (unpaired) electrons. The van der Waals surface area contributed by atoms with Gasteiger partial charge in [0.05, 0.1) is 0 Å². The van der Waals surface area contributed by atoms with E-state index in [0.29, 0.717) is 11.4 Å². The third-order valence-corrected chi connectivity index (χ3v) is 0.576. The predicted molar refractivity (Wildman–Crippen MR) is 32.2 cm³/mol. The maximum atomic E-state index is 5.14. The van der Waals surface area contributed by atoms with E-state index in [1.54, 1.807) is 6.92 Å². The molecule has 0 saturated heterocycles. The number of rotatable bonds is 1. The first-order chi connectivity index (χ1) is 3.18. The van der Waals surface area contributed by atoms with E-state index >= 15 is 0 Å². The maximum absolute atomic E-state index is 5.14. The second-order valence-electron chi connectivity index (χ2n) is 1.29. The molecule has 0 unspecified atom stereocenters. The zero-order chi connectivity index (χ0) is 5.86. The molecule has 0 fully saturated rings. The molecular formula is C4H7BN2. The molecule has 3 heteroatoms. The summed E-state index contributed by atoms with van der Waals surface area (Å²) in [4.78, 5) is 3.18. The van der Waals surface area contributed by atoms with Gasteiger partial charge in [0.15, 0.2) is 0 Å². The Morgan fingerprint density at radius 2 is 2.29 bits per heavy atom. The van der Waals surface area contributed by atoms with Crippen LogP contribution in [0.15, 0.2) is 17.1 Å². The smallest absolute Gasteiger partial charge is 0.262 e. The molecule has 0 saturated carbocycles. The molecule has 0 heterocycles. The van der Waals surface area contributed by atoms with Crippen molar-refractivity contribution in [1.82, 2.24) is 0 Å². The van der Waals surface area contributed by atoms with Crippen molar-refractivity contribution in [3.05, 3.63) is 12.2 Å². The Morgan fingerprint density at radius 1 is 1.86 bits per heavy atom. The summed E-state index contributed by atoms with van der Waals surface area (Å²) in [6, 6.07) is 0. The number of hydrogen-bond acceptors (Lipinski definition) is 1. The number of hydrogen-bond donors (Lipinski definition) is 1. The van der Waals surface area contributed by atoms with Crippen molar-refractivity contribution in [2.24, 2.45) is 10.6 Å². The van der Waals surface area contributed by atoms with Gasteiger partial charge in [-0.15, -0.1) is 0 Å². The first kappa shape index (κ1) is 6.27. The van der Waals surface area contributed by atoms with Gasteiger partial charge in [-0.05, 0) is 12.5 Å². The Balaban J connectivity index is 3.82. The lowest BCUT2D eigenvalue weighted by atomic mass is 10.3. The van der Waals surface area contributed by atoms with Crippen LogP contribution in [0, 0.1) is 0 Å². The van der Waals surface area contributed by atoms with E-state index in [-0.39, 0.29) is 0 Å². The monoisotopic (exact) mass is 94.1 g/mol. The average molecular weight is 93.9 g/mol. The summed E-state index contributed by atoms with van der Waals surface area (Å²) in [5.41, 5.74) is 5.84. The summed E-state index contributed by atoms with van der Waals surface area (Å²) in [5.74, 6) is 0.306. The molecule has 0 rings (SSSR count). The molecule has 0 amide bonds. The Labute approximate surface area is 44.6 Å². The summed E-state index contributed by atoms with van der Waals surface area (Å²) in [5, 5.41) is 0. The molecule has 0 spiro atoms. The van der Waals surface area contributed by atoms with Crippen LogP contribution in [0.25, 0.3) is 0 Å². The van der Waals surface area contributed by atoms with Crippen LogP contribution in [0.3, 0.4) is 0 Å². The zero-order valence-electron chi connectivity index (χ0n) is 4.31. The van der Waals surface area contributed by atoms with Gasteiger partial charge in [-0.1, -0.05) is 6.58 Å². The van der Waals surface area contributed by atoms with Gasteiger partial charge in [0.1, 0.15) is 5.84 Å². The van der Waals surface area contributed by atoms with Crippen molar-refractivity contribution in [3.8, 4) is 0 Å². The number of amidine groups is 1. The van der Waals surface area contributed by atoms with E-state index in [1.165, 1.54) is 0 Å². The lowest BCUT2D eigenvalue weighted by Gasteiger charge is -1.91. The topological polar surface area (TPSA) is 38.4 Å². The molecule has 7 heavy (non-hydrogen) atoms. The van der Waals surface area contributed by atoms with Crippen molar-refractivity contribution in [1.29, 1.82) is 0 Å². The van der Waals surface area contributed by atoms with Gasteiger partial charge in [0, 0.05) is 0 Å². The SMILES string of the molecule is [B]N=C(N)C(=C)C. The van der Waals surface area contributed by atoms with E-state index in [9.17, 15) is 0 Å². The molecule has 0 aliphatic rings. The molecule has 0 aromatic heterocycles. The van der Waals surface area contributed by atoms with Crippen molar-refractivity contribution in [2.75, 3.05) is 0 Å². The van der Waals surface area contributed by atoms with Crippen LogP contribution in [-0.2, 0) is 0 Å². The zero-order valence-corrected chi connectivity index (χ0v) is 4.31. The Morgan fingerprint density at radius 3 is 2.29 bits per heavy atom. The van der Waals surface area contributed by atoms with Crippen molar-refractivity contribution in [3.63, 3.8) is 0 Å². The minimum absolute atomic E-state index is 0.306. The van der Waals surface area contributed by atoms with E-state index in [4.69, 9.17) is 13.7 Å². The summed E-state index contributed by atoms with van der Waals surface area (Å²) >= 11 is 0. The minimum Gasteiger partial charge on any atom is -0.385 e. The van der Waals surface area contributed by atoms with E-state index in [1.807, 2.05) is 0 Å². The third kappa shape index (κ3) is 2.03. The average Bonchev–Trinajstić information content (AvgIpc) is 1.65. The van der Waals surface area contributed by atoms with Crippen molar-refractivity contribution >= 4 is 13.8 Å². The quantitative estimate of drug-likeness (QED) is 0.277.